The fourth-order valence-electron chi connectivity index (χ4n) is 4.31. The van der Waals surface area contributed by atoms with Crippen molar-refractivity contribution >= 4 is 21.5 Å². The first kappa shape index (κ1) is 23.0. The van der Waals surface area contributed by atoms with E-state index in [1.54, 1.807) is 0 Å². The standard InChI is InChI=1S/C36H26/c1-3-7-27-11-15-29(16-12-27)19-21-31-22-23-34-25-32-9-5-6-10-33(32)26-36(34)35(31)24-20-30-17-13-28(8-4-2)14-18-30/h3-6,9-18,22-23,25-26H,1-2,7-8H2. The van der Waals surface area contributed by atoms with E-state index >= 15 is 0 Å². The van der Waals surface area contributed by atoms with Crippen LogP contribution >= 0.6 is 0 Å². The summed E-state index contributed by atoms with van der Waals surface area (Å²) in [5, 5.41) is 4.71. The number of hydrogen-bond acceptors (Lipinski definition) is 0. The molecule has 0 aromatic heterocycles. The molecule has 0 heteroatoms. The van der Waals surface area contributed by atoms with E-state index in [2.05, 4.69) is 134 Å². The van der Waals surface area contributed by atoms with Gasteiger partial charge in [-0.25, -0.2) is 0 Å². The largest absolute Gasteiger partial charge is 0.103 e. The van der Waals surface area contributed by atoms with Gasteiger partial charge in [0.25, 0.3) is 0 Å². The summed E-state index contributed by atoms with van der Waals surface area (Å²) in [5.74, 6) is 13.6. The van der Waals surface area contributed by atoms with Gasteiger partial charge in [0.15, 0.2) is 0 Å². The molecule has 5 rings (SSSR count). The van der Waals surface area contributed by atoms with Crippen molar-refractivity contribution in [2.24, 2.45) is 0 Å². The summed E-state index contributed by atoms with van der Waals surface area (Å²) in [5.41, 5.74) is 6.33. The van der Waals surface area contributed by atoms with Gasteiger partial charge < -0.3 is 0 Å². The minimum absolute atomic E-state index is 0.860. The fraction of sp³-hybridized carbons (Fsp3) is 0.0556. The molecular formula is C36H26. The molecule has 0 N–H and O–H groups in total. The van der Waals surface area contributed by atoms with Crippen molar-refractivity contribution in [2.45, 2.75) is 12.8 Å². The Morgan fingerprint density at radius 2 is 1.08 bits per heavy atom. The normalized spacial score (nSPS) is 10.2. The van der Waals surface area contributed by atoms with Crippen molar-refractivity contribution in [1.29, 1.82) is 0 Å². The zero-order valence-electron chi connectivity index (χ0n) is 20.2. The minimum Gasteiger partial charge on any atom is -0.103 e. The topological polar surface area (TPSA) is 0 Å². The van der Waals surface area contributed by atoms with Gasteiger partial charge in [0, 0.05) is 22.3 Å². The second kappa shape index (κ2) is 10.7. The molecule has 5 aromatic carbocycles. The maximum atomic E-state index is 3.82. The van der Waals surface area contributed by atoms with Gasteiger partial charge >= 0.3 is 0 Å². The van der Waals surface area contributed by atoms with Crippen LogP contribution < -0.4 is 0 Å². The first-order valence-electron chi connectivity index (χ1n) is 12.1. The van der Waals surface area contributed by atoms with Crippen LogP contribution in [0.1, 0.15) is 33.4 Å². The maximum Gasteiger partial charge on any atom is 0.0484 e. The van der Waals surface area contributed by atoms with E-state index in [-0.39, 0.29) is 0 Å². The first-order chi connectivity index (χ1) is 17.7. The molecule has 5 aromatic rings. The minimum atomic E-state index is 0.860. The van der Waals surface area contributed by atoms with Crippen LogP contribution in [0.3, 0.4) is 0 Å². The molecule has 0 fully saturated rings. The second-order valence-electron chi connectivity index (χ2n) is 8.79. The fourth-order valence-corrected chi connectivity index (χ4v) is 4.31. The van der Waals surface area contributed by atoms with Crippen molar-refractivity contribution in [1.82, 2.24) is 0 Å². The zero-order valence-corrected chi connectivity index (χ0v) is 20.2. The van der Waals surface area contributed by atoms with E-state index < -0.39 is 0 Å². The Morgan fingerprint density at radius 1 is 0.528 bits per heavy atom. The highest BCUT2D eigenvalue weighted by Gasteiger charge is 2.07. The lowest BCUT2D eigenvalue weighted by Crippen LogP contribution is -1.89. The first-order valence-corrected chi connectivity index (χ1v) is 12.1. The van der Waals surface area contributed by atoms with Crippen LogP contribution in [-0.4, -0.2) is 0 Å². The van der Waals surface area contributed by atoms with Gasteiger partial charge in [-0.2, -0.15) is 0 Å². The quantitative estimate of drug-likeness (QED) is 0.144. The van der Waals surface area contributed by atoms with E-state index in [0.29, 0.717) is 0 Å². The molecule has 0 amide bonds. The highest BCUT2D eigenvalue weighted by molar-refractivity contribution is 6.01. The molecule has 0 radical (unpaired) electrons. The summed E-state index contributed by atoms with van der Waals surface area (Å²) < 4.78 is 0. The van der Waals surface area contributed by atoms with Crippen LogP contribution in [0.2, 0.25) is 0 Å². The van der Waals surface area contributed by atoms with E-state index in [4.69, 9.17) is 0 Å². The lowest BCUT2D eigenvalue weighted by Gasteiger charge is -2.07. The van der Waals surface area contributed by atoms with Crippen LogP contribution in [0.25, 0.3) is 21.5 Å². The third kappa shape index (κ3) is 5.15. The summed E-state index contributed by atoms with van der Waals surface area (Å²) in [6.07, 6.45) is 5.55. The number of benzene rings is 5. The predicted octanol–water partition coefficient (Wildman–Crippen LogP) is 8.25. The summed E-state index contributed by atoms with van der Waals surface area (Å²) >= 11 is 0. The smallest absolute Gasteiger partial charge is 0.0484 e. The molecule has 0 spiro atoms. The Hall–Kier alpha value is -4.78. The lowest BCUT2D eigenvalue weighted by molar-refractivity contribution is 1.27. The van der Waals surface area contributed by atoms with Crippen molar-refractivity contribution in [3.63, 3.8) is 0 Å². The van der Waals surface area contributed by atoms with Crippen LogP contribution in [0.4, 0.5) is 0 Å². The van der Waals surface area contributed by atoms with E-state index in [1.807, 2.05) is 12.2 Å². The molecule has 0 nitrogen and oxygen atoms in total. The molecule has 0 aliphatic heterocycles. The Labute approximate surface area is 213 Å². The summed E-state index contributed by atoms with van der Waals surface area (Å²) in [7, 11) is 0. The second-order valence-corrected chi connectivity index (χ2v) is 8.79. The summed E-state index contributed by atoms with van der Waals surface area (Å²) in [6.45, 7) is 7.64. The number of fused-ring (bicyclic) bond motifs is 2. The predicted molar refractivity (Wildman–Crippen MR) is 154 cm³/mol. The Bertz CT molecular complexity index is 1690. The molecule has 0 aliphatic carbocycles. The average Bonchev–Trinajstić information content (AvgIpc) is 2.92. The van der Waals surface area contributed by atoms with Gasteiger partial charge in [-0.05, 0) is 88.0 Å². The Kier molecular flexibility index (Phi) is 6.80. The van der Waals surface area contributed by atoms with Crippen LogP contribution in [0, 0.1) is 23.7 Å². The molecular weight excluding hydrogens is 432 g/mol. The average molecular weight is 459 g/mol. The van der Waals surface area contributed by atoms with Crippen molar-refractivity contribution in [3.05, 3.63) is 156 Å². The van der Waals surface area contributed by atoms with Crippen molar-refractivity contribution in [3.8, 4) is 23.7 Å². The molecule has 0 bridgehead atoms. The third-order valence-corrected chi connectivity index (χ3v) is 6.23. The summed E-state index contributed by atoms with van der Waals surface area (Å²) in [6, 6.07) is 33.9. The van der Waals surface area contributed by atoms with Crippen molar-refractivity contribution < 1.29 is 0 Å². The Morgan fingerprint density at radius 3 is 1.67 bits per heavy atom. The van der Waals surface area contributed by atoms with Gasteiger partial charge in [-0.3, -0.25) is 0 Å². The number of hydrogen-bond donors (Lipinski definition) is 0. The molecule has 0 saturated carbocycles. The van der Waals surface area contributed by atoms with Gasteiger partial charge in [-0.15, -0.1) is 13.2 Å². The van der Waals surface area contributed by atoms with Gasteiger partial charge in [0.05, 0.1) is 0 Å². The maximum absolute atomic E-state index is 3.82. The molecule has 0 saturated heterocycles. The van der Waals surface area contributed by atoms with E-state index in [1.165, 1.54) is 27.3 Å². The van der Waals surface area contributed by atoms with Crippen molar-refractivity contribution in [2.75, 3.05) is 0 Å². The van der Waals surface area contributed by atoms with Gasteiger partial charge in [0.1, 0.15) is 0 Å². The molecule has 170 valence electrons. The molecule has 0 unspecified atom stereocenters. The highest BCUT2D eigenvalue weighted by atomic mass is 14.1. The molecule has 36 heavy (non-hydrogen) atoms. The van der Waals surface area contributed by atoms with Crippen LogP contribution in [-0.2, 0) is 12.8 Å². The van der Waals surface area contributed by atoms with Crippen LogP contribution in [0.5, 0.6) is 0 Å². The van der Waals surface area contributed by atoms with E-state index in [9.17, 15) is 0 Å². The van der Waals surface area contributed by atoms with Crippen LogP contribution in [0.15, 0.2) is 122 Å². The van der Waals surface area contributed by atoms with Gasteiger partial charge in [-0.1, -0.05) is 90.4 Å². The lowest BCUT2D eigenvalue weighted by atomic mass is 9.95. The van der Waals surface area contributed by atoms with Gasteiger partial charge in [0.2, 0.25) is 0 Å². The zero-order chi connectivity index (χ0) is 24.7. The number of allylic oxidation sites excluding steroid dienone is 2. The molecule has 0 aliphatic rings. The molecule has 0 heterocycles. The molecule has 0 atom stereocenters. The number of rotatable bonds is 4. The monoisotopic (exact) mass is 458 g/mol. The van der Waals surface area contributed by atoms with E-state index in [0.717, 1.165) is 40.5 Å². The highest BCUT2D eigenvalue weighted by Crippen LogP contribution is 2.27. The Balaban J connectivity index is 1.61. The summed E-state index contributed by atoms with van der Waals surface area (Å²) in [4.78, 5) is 0. The SMILES string of the molecule is C=CCc1ccc(C#Cc2ccc3cc4ccccc4cc3c2C#Cc2ccc(CC=C)cc2)cc1. The third-order valence-electron chi connectivity index (χ3n) is 6.23.